The summed E-state index contributed by atoms with van der Waals surface area (Å²) >= 11 is 0. The Bertz CT molecular complexity index is 565. The van der Waals surface area contributed by atoms with Gasteiger partial charge >= 0.3 is 17.9 Å². The second-order valence-electron chi connectivity index (χ2n) is 4.45. The lowest BCUT2D eigenvalue weighted by Gasteiger charge is -2.12. The highest BCUT2D eigenvalue weighted by molar-refractivity contribution is 5.91. The molecule has 0 amide bonds. The highest BCUT2D eigenvalue weighted by Crippen LogP contribution is 2.20. The number of aliphatic hydroxyl groups excluding tert-OH is 1. The Labute approximate surface area is 127 Å². The molecule has 0 radical (unpaired) electrons. The maximum absolute atomic E-state index is 11.9. The summed E-state index contributed by atoms with van der Waals surface area (Å²) in [6.07, 6.45) is -1.51. The van der Waals surface area contributed by atoms with E-state index in [1.165, 1.54) is 25.3 Å². The molecule has 22 heavy (non-hydrogen) atoms. The van der Waals surface area contributed by atoms with Crippen molar-refractivity contribution in [1.29, 1.82) is 0 Å². The molecule has 0 aromatic heterocycles. The first-order chi connectivity index (χ1) is 10.4. The molecule has 1 rings (SSSR count). The Balaban J connectivity index is 3.12. The molecule has 120 valence electrons. The Morgan fingerprint density at radius 3 is 2.50 bits per heavy atom. The van der Waals surface area contributed by atoms with Crippen LogP contribution in [-0.4, -0.2) is 41.8 Å². The van der Waals surface area contributed by atoms with E-state index in [0.717, 1.165) is 0 Å². The number of rotatable bonds is 7. The van der Waals surface area contributed by atoms with Crippen LogP contribution < -0.4 is 0 Å². The standard InChI is InChI=1S/C15H18O7/c1-3-22-15(20)11-6-4-10(13(17)14(18)19)8-9(11)5-7-12(16)21-2/h4,6,8,13,17H,3,5,7H2,1-2H3,(H,18,19). The number of carbonyl (C=O) groups is 3. The summed E-state index contributed by atoms with van der Waals surface area (Å²) in [6.45, 7) is 1.85. The predicted octanol–water partition coefficient (Wildman–Crippen LogP) is 1.09. The van der Waals surface area contributed by atoms with Crippen LogP contribution in [0.2, 0.25) is 0 Å². The van der Waals surface area contributed by atoms with Crippen LogP contribution in [0.1, 0.15) is 40.9 Å². The van der Waals surface area contributed by atoms with E-state index in [0.29, 0.717) is 5.56 Å². The van der Waals surface area contributed by atoms with E-state index in [-0.39, 0.29) is 30.6 Å². The maximum Gasteiger partial charge on any atom is 0.338 e. The van der Waals surface area contributed by atoms with Gasteiger partial charge in [0.2, 0.25) is 0 Å². The second-order valence-corrected chi connectivity index (χ2v) is 4.45. The van der Waals surface area contributed by atoms with Crippen molar-refractivity contribution in [3.8, 4) is 0 Å². The van der Waals surface area contributed by atoms with Crippen molar-refractivity contribution < 1.29 is 34.1 Å². The zero-order chi connectivity index (χ0) is 16.7. The van der Waals surface area contributed by atoms with E-state index in [1.807, 2.05) is 0 Å². The minimum absolute atomic E-state index is 0.0233. The van der Waals surface area contributed by atoms with Crippen LogP contribution in [0.3, 0.4) is 0 Å². The number of esters is 2. The number of aryl methyl sites for hydroxylation is 1. The molecule has 7 heteroatoms. The van der Waals surface area contributed by atoms with Crippen molar-refractivity contribution in [1.82, 2.24) is 0 Å². The van der Waals surface area contributed by atoms with Crippen molar-refractivity contribution in [2.45, 2.75) is 25.9 Å². The third kappa shape index (κ3) is 4.56. The van der Waals surface area contributed by atoms with Crippen LogP contribution in [0.5, 0.6) is 0 Å². The number of carboxylic acids is 1. The van der Waals surface area contributed by atoms with Crippen molar-refractivity contribution >= 4 is 17.9 Å². The van der Waals surface area contributed by atoms with E-state index in [1.54, 1.807) is 6.92 Å². The molecule has 1 aromatic rings. The van der Waals surface area contributed by atoms with Gasteiger partial charge in [-0.1, -0.05) is 12.1 Å². The third-order valence-electron chi connectivity index (χ3n) is 3.00. The fourth-order valence-electron chi connectivity index (χ4n) is 1.88. The van der Waals surface area contributed by atoms with Gasteiger partial charge in [-0.2, -0.15) is 0 Å². The molecule has 0 spiro atoms. The lowest BCUT2D eigenvalue weighted by atomic mass is 9.97. The van der Waals surface area contributed by atoms with Gasteiger partial charge in [-0.05, 0) is 30.5 Å². The molecule has 0 saturated carbocycles. The SMILES string of the molecule is CCOC(=O)c1ccc(C(O)C(=O)O)cc1CCC(=O)OC. The Kier molecular flexibility index (Phi) is 6.52. The Morgan fingerprint density at radius 1 is 1.27 bits per heavy atom. The zero-order valence-corrected chi connectivity index (χ0v) is 12.4. The molecule has 1 unspecified atom stereocenters. The highest BCUT2D eigenvalue weighted by atomic mass is 16.5. The molecule has 0 aliphatic carbocycles. The first kappa shape index (κ1) is 17.6. The second kappa shape index (κ2) is 8.14. The van der Waals surface area contributed by atoms with Gasteiger partial charge < -0.3 is 19.7 Å². The van der Waals surface area contributed by atoms with E-state index < -0.39 is 24.0 Å². The van der Waals surface area contributed by atoms with Crippen LogP contribution in [0.4, 0.5) is 0 Å². The molecule has 0 bridgehead atoms. The van der Waals surface area contributed by atoms with Gasteiger partial charge in [-0.15, -0.1) is 0 Å². The first-order valence-electron chi connectivity index (χ1n) is 6.68. The molecule has 1 aromatic carbocycles. The summed E-state index contributed by atoms with van der Waals surface area (Å²) in [6, 6.07) is 4.10. The van der Waals surface area contributed by atoms with Crippen molar-refractivity contribution in [3.05, 3.63) is 34.9 Å². The maximum atomic E-state index is 11.9. The van der Waals surface area contributed by atoms with Crippen LogP contribution in [0.25, 0.3) is 0 Å². The molecule has 0 saturated heterocycles. The molecule has 0 aliphatic rings. The van der Waals surface area contributed by atoms with Crippen molar-refractivity contribution in [2.75, 3.05) is 13.7 Å². The molecule has 0 fully saturated rings. The van der Waals surface area contributed by atoms with E-state index >= 15 is 0 Å². The van der Waals surface area contributed by atoms with Gasteiger partial charge in [0.1, 0.15) is 0 Å². The molecular weight excluding hydrogens is 292 g/mol. The lowest BCUT2D eigenvalue weighted by Crippen LogP contribution is -2.14. The smallest absolute Gasteiger partial charge is 0.338 e. The predicted molar refractivity (Wildman–Crippen MR) is 75.3 cm³/mol. The number of aliphatic hydroxyl groups is 1. The lowest BCUT2D eigenvalue weighted by molar-refractivity contribution is -0.147. The van der Waals surface area contributed by atoms with Crippen molar-refractivity contribution in [2.24, 2.45) is 0 Å². The van der Waals surface area contributed by atoms with Crippen LogP contribution >= 0.6 is 0 Å². The number of hydrogen-bond acceptors (Lipinski definition) is 6. The fraction of sp³-hybridized carbons (Fsp3) is 0.400. The number of carbonyl (C=O) groups excluding carboxylic acids is 2. The van der Waals surface area contributed by atoms with Gasteiger partial charge in [0.25, 0.3) is 0 Å². The van der Waals surface area contributed by atoms with Crippen LogP contribution in [0, 0.1) is 0 Å². The van der Waals surface area contributed by atoms with E-state index in [2.05, 4.69) is 4.74 Å². The minimum Gasteiger partial charge on any atom is -0.479 e. The number of ether oxygens (including phenoxy) is 2. The number of benzene rings is 1. The molecular formula is C15H18O7. The molecule has 0 aliphatic heterocycles. The normalized spacial score (nSPS) is 11.6. The number of carboxylic acid groups (broad SMARTS) is 1. The summed E-state index contributed by atoms with van der Waals surface area (Å²) in [5.41, 5.74) is 0.772. The van der Waals surface area contributed by atoms with E-state index in [4.69, 9.17) is 9.84 Å². The summed E-state index contributed by atoms with van der Waals surface area (Å²) in [4.78, 5) is 33.9. The highest BCUT2D eigenvalue weighted by Gasteiger charge is 2.20. The summed E-state index contributed by atoms with van der Waals surface area (Å²) < 4.78 is 9.45. The summed E-state index contributed by atoms with van der Waals surface area (Å²) in [5.74, 6) is -2.43. The minimum atomic E-state index is -1.70. The number of hydrogen-bond donors (Lipinski definition) is 2. The fourth-order valence-corrected chi connectivity index (χ4v) is 1.88. The molecule has 0 heterocycles. The monoisotopic (exact) mass is 310 g/mol. The Hall–Kier alpha value is -2.41. The number of aliphatic carboxylic acids is 1. The third-order valence-corrected chi connectivity index (χ3v) is 3.00. The van der Waals surface area contributed by atoms with Crippen LogP contribution in [0.15, 0.2) is 18.2 Å². The van der Waals surface area contributed by atoms with Gasteiger partial charge in [-0.25, -0.2) is 9.59 Å². The molecule has 7 nitrogen and oxygen atoms in total. The average molecular weight is 310 g/mol. The topological polar surface area (TPSA) is 110 Å². The molecule has 1 atom stereocenters. The summed E-state index contributed by atoms with van der Waals surface area (Å²) in [7, 11) is 1.25. The van der Waals surface area contributed by atoms with Crippen molar-refractivity contribution in [3.63, 3.8) is 0 Å². The van der Waals surface area contributed by atoms with Gasteiger partial charge in [0, 0.05) is 6.42 Å². The van der Waals surface area contributed by atoms with Gasteiger partial charge in [0.05, 0.1) is 19.3 Å². The molecule has 2 N–H and O–H groups in total. The summed E-state index contributed by atoms with van der Waals surface area (Å²) in [5, 5.41) is 18.4. The zero-order valence-electron chi connectivity index (χ0n) is 12.4. The van der Waals surface area contributed by atoms with Gasteiger partial charge in [0.15, 0.2) is 6.10 Å². The first-order valence-corrected chi connectivity index (χ1v) is 6.68. The average Bonchev–Trinajstić information content (AvgIpc) is 2.51. The Morgan fingerprint density at radius 2 is 1.95 bits per heavy atom. The van der Waals surface area contributed by atoms with Crippen LogP contribution in [-0.2, 0) is 25.5 Å². The largest absolute Gasteiger partial charge is 0.479 e. The van der Waals surface area contributed by atoms with E-state index in [9.17, 15) is 19.5 Å². The van der Waals surface area contributed by atoms with Gasteiger partial charge in [-0.3, -0.25) is 4.79 Å². The quantitative estimate of drug-likeness (QED) is 0.725. The number of methoxy groups -OCH3 is 1.